The Kier molecular flexibility index (Phi) is 2.86. The molecule has 1 saturated heterocycles. The molecule has 0 aromatic rings. The molecule has 0 bridgehead atoms. The number of nitrogens with one attached hydrogen (secondary N) is 1. The maximum Gasteiger partial charge on any atom is 0.414 e. The Bertz CT molecular complexity index is 310. The van der Waals surface area contributed by atoms with E-state index in [-0.39, 0.29) is 18.6 Å². The maximum absolute atomic E-state index is 12.1. The topological polar surface area (TPSA) is 89.9 Å². The molecule has 3 N–H and O–H groups in total. The molecule has 1 saturated carbocycles. The van der Waals surface area contributed by atoms with Crippen LogP contribution in [-0.2, 0) is 4.79 Å². The van der Waals surface area contributed by atoms with Crippen LogP contribution in [0.2, 0.25) is 0 Å². The van der Waals surface area contributed by atoms with Crippen molar-refractivity contribution in [2.45, 2.75) is 37.3 Å². The fourth-order valence-corrected chi connectivity index (χ4v) is 2.51. The van der Waals surface area contributed by atoms with Crippen LogP contribution in [-0.4, -0.2) is 51.8 Å². The largest absolute Gasteiger partial charge is 0.465 e. The molecule has 2 rings (SSSR count). The molecule has 16 heavy (non-hydrogen) atoms. The van der Waals surface area contributed by atoms with Crippen molar-refractivity contribution < 1.29 is 19.8 Å². The van der Waals surface area contributed by atoms with Gasteiger partial charge < -0.3 is 15.5 Å². The Morgan fingerprint density at radius 3 is 2.62 bits per heavy atom. The van der Waals surface area contributed by atoms with E-state index in [2.05, 4.69) is 5.32 Å². The Morgan fingerprint density at radius 2 is 2.06 bits per heavy atom. The first kappa shape index (κ1) is 11.3. The summed E-state index contributed by atoms with van der Waals surface area (Å²) in [4.78, 5) is 23.8. The number of imide groups is 1. The molecule has 0 radical (unpaired) electrons. The van der Waals surface area contributed by atoms with E-state index in [9.17, 15) is 14.7 Å². The maximum atomic E-state index is 12.1. The van der Waals surface area contributed by atoms with Crippen LogP contribution >= 0.6 is 0 Å². The normalized spacial score (nSPS) is 35.4. The molecule has 1 aliphatic carbocycles. The average molecular weight is 228 g/mol. The van der Waals surface area contributed by atoms with Gasteiger partial charge in [-0.2, -0.15) is 0 Å². The first-order chi connectivity index (χ1) is 7.55. The van der Waals surface area contributed by atoms with Gasteiger partial charge in [0.05, 0.1) is 11.6 Å². The van der Waals surface area contributed by atoms with Gasteiger partial charge in [-0.05, 0) is 25.7 Å². The highest BCUT2D eigenvalue weighted by Crippen LogP contribution is 2.31. The molecule has 1 aliphatic heterocycles. The van der Waals surface area contributed by atoms with Gasteiger partial charge in [-0.3, -0.25) is 4.79 Å². The van der Waals surface area contributed by atoms with E-state index in [1.807, 2.05) is 0 Å². The molecule has 2 aliphatic rings. The summed E-state index contributed by atoms with van der Waals surface area (Å²) in [5.41, 5.74) is -0.754. The second-order valence-corrected chi connectivity index (χ2v) is 4.48. The number of hydrogen-bond acceptors (Lipinski definition) is 4. The molecule has 1 heterocycles. The number of aliphatic hydroxyl groups is 1. The Morgan fingerprint density at radius 1 is 1.44 bits per heavy atom. The molecular formula is C10H16N2O4. The zero-order valence-electron chi connectivity index (χ0n) is 8.98. The number of amides is 2. The highest BCUT2D eigenvalue weighted by molar-refractivity contribution is 5.97. The number of nitrogens with zero attached hydrogens (tertiary/aromatic N) is 1. The molecule has 6 nitrogen and oxygen atoms in total. The summed E-state index contributed by atoms with van der Waals surface area (Å²) >= 11 is 0. The van der Waals surface area contributed by atoms with Crippen molar-refractivity contribution in [3.8, 4) is 0 Å². The van der Waals surface area contributed by atoms with Crippen LogP contribution in [0.1, 0.15) is 25.7 Å². The molecule has 6 heteroatoms. The number of carboxylic acid groups (broad SMARTS) is 1. The first-order valence-electron chi connectivity index (χ1n) is 5.53. The third kappa shape index (κ3) is 1.78. The van der Waals surface area contributed by atoms with Crippen molar-refractivity contribution in [3.63, 3.8) is 0 Å². The van der Waals surface area contributed by atoms with E-state index < -0.39 is 11.6 Å². The van der Waals surface area contributed by atoms with Crippen molar-refractivity contribution >= 4 is 12.0 Å². The lowest BCUT2D eigenvalue weighted by Gasteiger charge is -2.43. The van der Waals surface area contributed by atoms with Crippen LogP contribution in [0.25, 0.3) is 0 Å². The van der Waals surface area contributed by atoms with Crippen molar-refractivity contribution in [1.82, 2.24) is 10.2 Å². The summed E-state index contributed by atoms with van der Waals surface area (Å²) in [6, 6.07) is 0. The van der Waals surface area contributed by atoms with Crippen molar-refractivity contribution in [3.05, 3.63) is 0 Å². The number of carbonyl (C=O) groups excluding carboxylic acids is 1. The molecular weight excluding hydrogens is 212 g/mol. The predicted octanol–water partition coefficient (Wildman–Crippen LogP) is -0.230. The zero-order valence-corrected chi connectivity index (χ0v) is 8.98. The molecule has 0 unspecified atom stereocenters. The highest BCUT2D eigenvalue weighted by Gasteiger charge is 2.47. The highest BCUT2D eigenvalue weighted by atomic mass is 16.4. The van der Waals surface area contributed by atoms with E-state index in [0.29, 0.717) is 32.2 Å². The summed E-state index contributed by atoms with van der Waals surface area (Å²) < 4.78 is 0. The summed E-state index contributed by atoms with van der Waals surface area (Å²) in [5.74, 6) is -0.363. The smallest absolute Gasteiger partial charge is 0.414 e. The van der Waals surface area contributed by atoms with Gasteiger partial charge in [-0.15, -0.1) is 0 Å². The van der Waals surface area contributed by atoms with Crippen molar-refractivity contribution in [2.24, 2.45) is 0 Å². The van der Waals surface area contributed by atoms with Gasteiger partial charge in [-0.1, -0.05) is 0 Å². The predicted molar refractivity (Wildman–Crippen MR) is 54.9 cm³/mol. The van der Waals surface area contributed by atoms with Gasteiger partial charge in [-0.25, -0.2) is 9.69 Å². The Balaban J connectivity index is 2.15. The average Bonchev–Trinajstić information content (AvgIpc) is 2.26. The molecule has 90 valence electrons. The standard InChI is InChI=1S/C10H16N2O4/c13-7-1-3-10(4-2-7)8(14)12(9(15)16)6-5-11-10/h7,11,13H,1-6H2,(H,15,16). The number of piperazine rings is 1. The summed E-state index contributed by atoms with van der Waals surface area (Å²) in [6.07, 6.45) is 0.573. The zero-order chi connectivity index (χ0) is 11.8. The van der Waals surface area contributed by atoms with E-state index in [1.165, 1.54) is 0 Å². The molecule has 0 aromatic heterocycles. The second kappa shape index (κ2) is 4.03. The summed E-state index contributed by atoms with van der Waals surface area (Å²) in [6.45, 7) is 0.701. The number of carbonyl (C=O) groups is 2. The summed E-state index contributed by atoms with van der Waals surface area (Å²) in [7, 11) is 0. The Hall–Kier alpha value is -1.14. The minimum absolute atomic E-state index is 0.207. The lowest BCUT2D eigenvalue weighted by molar-refractivity contribution is -0.141. The third-order valence-corrected chi connectivity index (χ3v) is 3.49. The first-order valence-corrected chi connectivity index (χ1v) is 5.53. The molecule has 2 fully saturated rings. The Labute approximate surface area is 93.2 Å². The van der Waals surface area contributed by atoms with Crippen LogP contribution in [0.4, 0.5) is 4.79 Å². The van der Waals surface area contributed by atoms with Crippen LogP contribution < -0.4 is 5.32 Å². The lowest BCUT2D eigenvalue weighted by Crippen LogP contribution is -2.66. The lowest BCUT2D eigenvalue weighted by atomic mass is 9.78. The number of hydrogen-bond donors (Lipinski definition) is 3. The van der Waals surface area contributed by atoms with Crippen molar-refractivity contribution in [2.75, 3.05) is 13.1 Å². The second-order valence-electron chi connectivity index (χ2n) is 4.48. The van der Waals surface area contributed by atoms with Crippen molar-refractivity contribution in [1.29, 1.82) is 0 Å². The SMILES string of the molecule is O=C(O)N1CCNC2(CCC(O)CC2)C1=O. The van der Waals surface area contributed by atoms with E-state index in [0.717, 1.165) is 4.90 Å². The minimum atomic E-state index is -1.18. The van der Waals surface area contributed by atoms with E-state index >= 15 is 0 Å². The van der Waals surface area contributed by atoms with Gasteiger partial charge in [0, 0.05) is 13.1 Å². The van der Waals surface area contributed by atoms with Gasteiger partial charge >= 0.3 is 6.09 Å². The summed E-state index contributed by atoms with van der Waals surface area (Å²) in [5, 5.41) is 21.4. The van der Waals surface area contributed by atoms with Crippen LogP contribution in [0, 0.1) is 0 Å². The van der Waals surface area contributed by atoms with Crippen LogP contribution in [0.15, 0.2) is 0 Å². The molecule has 0 atom stereocenters. The van der Waals surface area contributed by atoms with Gasteiger partial charge in [0.25, 0.3) is 5.91 Å². The van der Waals surface area contributed by atoms with Gasteiger partial charge in [0.15, 0.2) is 0 Å². The van der Waals surface area contributed by atoms with E-state index in [1.54, 1.807) is 0 Å². The van der Waals surface area contributed by atoms with Gasteiger partial charge in [0.2, 0.25) is 0 Å². The number of rotatable bonds is 0. The minimum Gasteiger partial charge on any atom is -0.465 e. The molecule has 0 aromatic carbocycles. The van der Waals surface area contributed by atoms with Crippen LogP contribution in [0.5, 0.6) is 0 Å². The van der Waals surface area contributed by atoms with Gasteiger partial charge in [0.1, 0.15) is 0 Å². The molecule has 2 amide bonds. The van der Waals surface area contributed by atoms with Crippen LogP contribution in [0.3, 0.4) is 0 Å². The fourth-order valence-electron chi connectivity index (χ4n) is 2.51. The number of aliphatic hydroxyl groups excluding tert-OH is 1. The molecule has 1 spiro atoms. The monoisotopic (exact) mass is 228 g/mol. The van der Waals surface area contributed by atoms with E-state index in [4.69, 9.17) is 5.11 Å². The fraction of sp³-hybridized carbons (Fsp3) is 0.800. The third-order valence-electron chi connectivity index (χ3n) is 3.49. The quantitative estimate of drug-likeness (QED) is 0.533.